The van der Waals surface area contributed by atoms with Crippen LogP contribution in [0.25, 0.3) is 11.4 Å². The van der Waals surface area contributed by atoms with E-state index >= 15 is 0 Å². The van der Waals surface area contributed by atoms with Crippen LogP contribution in [0.15, 0.2) is 72.4 Å². The second-order valence-electron chi connectivity index (χ2n) is 11.1. The number of hydrogen-bond acceptors (Lipinski definition) is 6. The first-order chi connectivity index (χ1) is 20.2. The Bertz CT molecular complexity index is 1650. The van der Waals surface area contributed by atoms with Crippen molar-refractivity contribution < 1.29 is 24.2 Å². The number of rotatable bonds is 10. The average Bonchev–Trinajstić information content (AvgIpc) is 3.46. The standard InChI is InChI=1S/C34H37N3O5/c1-21(2)16-19-42-26-14-13-25(20-27(26)41-5)30-28(31(38)29-23(4)36-17-9-10-22(3)33(36)35-29)32(39)34(40)37(30)18-15-24-11-7-6-8-12-24/h6-14,17,20-21,30,38H,15-16,18-19H2,1-5H3. The van der Waals surface area contributed by atoms with Crippen molar-refractivity contribution >= 4 is 23.1 Å². The van der Waals surface area contributed by atoms with E-state index < -0.39 is 17.7 Å². The highest BCUT2D eigenvalue weighted by Gasteiger charge is 2.46. The van der Waals surface area contributed by atoms with E-state index in [-0.39, 0.29) is 23.6 Å². The van der Waals surface area contributed by atoms with Gasteiger partial charge in [0.1, 0.15) is 11.3 Å². The van der Waals surface area contributed by atoms with Gasteiger partial charge in [-0.2, -0.15) is 0 Å². The summed E-state index contributed by atoms with van der Waals surface area (Å²) in [5, 5.41) is 11.7. The molecule has 4 aromatic rings. The van der Waals surface area contributed by atoms with Crippen LogP contribution in [0.1, 0.15) is 54.4 Å². The van der Waals surface area contributed by atoms with Gasteiger partial charge in [0, 0.05) is 12.7 Å². The highest BCUT2D eigenvalue weighted by atomic mass is 16.5. The van der Waals surface area contributed by atoms with Crippen LogP contribution in [0.2, 0.25) is 0 Å². The largest absolute Gasteiger partial charge is 0.505 e. The van der Waals surface area contributed by atoms with E-state index in [1.165, 1.54) is 4.90 Å². The minimum atomic E-state index is -0.836. The Balaban J connectivity index is 1.61. The Hall–Kier alpha value is -4.59. The quantitative estimate of drug-likeness (QED) is 0.143. The molecule has 0 bridgehead atoms. The number of pyridine rings is 1. The number of ether oxygens (including phenoxy) is 2. The number of hydrogen-bond donors (Lipinski definition) is 1. The molecular weight excluding hydrogens is 530 g/mol. The van der Waals surface area contributed by atoms with Gasteiger partial charge in [0.25, 0.3) is 11.7 Å². The van der Waals surface area contributed by atoms with Gasteiger partial charge in [0.2, 0.25) is 0 Å². The molecular formula is C34H37N3O5. The van der Waals surface area contributed by atoms with Gasteiger partial charge in [-0.05, 0) is 67.5 Å². The molecule has 1 unspecified atom stereocenters. The summed E-state index contributed by atoms with van der Waals surface area (Å²) >= 11 is 0. The lowest BCUT2D eigenvalue weighted by atomic mass is 9.95. The molecule has 2 aromatic carbocycles. The van der Waals surface area contributed by atoms with E-state index in [0.717, 1.165) is 17.5 Å². The number of aliphatic hydroxyl groups is 1. The molecule has 0 radical (unpaired) electrons. The highest BCUT2D eigenvalue weighted by Crippen LogP contribution is 2.42. The molecule has 5 rings (SSSR count). The zero-order chi connectivity index (χ0) is 30.0. The number of benzene rings is 2. The number of fused-ring (bicyclic) bond motifs is 1. The van der Waals surface area contributed by atoms with Crippen molar-refractivity contribution in [2.45, 2.75) is 46.6 Å². The molecule has 0 saturated carbocycles. The lowest BCUT2D eigenvalue weighted by Crippen LogP contribution is -2.31. The Morgan fingerprint density at radius 2 is 1.79 bits per heavy atom. The SMILES string of the molecule is COc1cc(C2C(=C(O)c3nc4c(C)cccn4c3C)C(=O)C(=O)N2CCc2ccccc2)ccc1OCCC(C)C. The predicted molar refractivity (Wildman–Crippen MR) is 162 cm³/mol. The van der Waals surface area contributed by atoms with Crippen LogP contribution >= 0.6 is 0 Å². The number of aliphatic hydroxyl groups excluding tert-OH is 1. The van der Waals surface area contributed by atoms with Gasteiger partial charge in [-0.1, -0.05) is 56.3 Å². The van der Waals surface area contributed by atoms with Crippen LogP contribution in [0.5, 0.6) is 11.5 Å². The fourth-order valence-corrected chi connectivity index (χ4v) is 5.40. The number of aryl methyl sites for hydroxylation is 2. The van der Waals surface area contributed by atoms with Crippen molar-refractivity contribution in [3.63, 3.8) is 0 Å². The number of amides is 1. The number of methoxy groups -OCH3 is 1. The molecule has 1 amide bonds. The van der Waals surface area contributed by atoms with Crippen molar-refractivity contribution in [2.75, 3.05) is 20.3 Å². The number of nitrogens with zero attached hydrogens (tertiary/aromatic N) is 3. The summed E-state index contributed by atoms with van der Waals surface area (Å²) in [5.74, 6) is -0.135. The zero-order valence-corrected chi connectivity index (χ0v) is 24.8. The fraction of sp³-hybridized carbons (Fsp3) is 0.324. The molecule has 1 fully saturated rings. The summed E-state index contributed by atoms with van der Waals surface area (Å²) in [6.45, 7) is 8.86. The van der Waals surface area contributed by atoms with Crippen LogP contribution in [-0.2, 0) is 16.0 Å². The molecule has 8 heteroatoms. The number of likely N-dealkylation sites (tertiary alicyclic amines) is 1. The summed E-state index contributed by atoms with van der Waals surface area (Å²) in [5.41, 5.74) is 4.23. The number of imidazole rings is 1. The van der Waals surface area contributed by atoms with Crippen LogP contribution in [0.3, 0.4) is 0 Å². The molecule has 1 N–H and O–H groups in total. The topological polar surface area (TPSA) is 93.4 Å². The van der Waals surface area contributed by atoms with Gasteiger partial charge in [-0.25, -0.2) is 4.98 Å². The molecule has 2 aromatic heterocycles. The van der Waals surface area contributed by atoms with Gasteiger partial charge in [0.15, 0.2) is 17.3 Å². The first-order valence-electron chi connectivity index (χ1n) is 14.3. The van der Waals surface area contributed by atoms with Gasteiger partial charge in [-0.3, -0.25) is 9.59 Å². The van der Waals surface area contributed by atoms with E-state index in [4.69, 9.17) is 9.47 Å². The molecule has 42 heavy (non-hydrogen) atoms. The van der Waals surface area contributed by atoms with Gasteiger partial charge < -0.3 is 23.9 Å². The molecule has 3 heterocycles. The Kier molecular flexibility index (Phi) is 8.34. The second-order valence-corrected chi connectivity index (χ2v) is 11.1. The summed E-state index contributed by atoms with van der Waals surface area (Å²) in [7, 11) is 1.56. The molecule has 218 valence electrons. The second kappa shape index (κ2) is 12.1. The van der Waals surface area contributed by atoms with Gasteiger partial charge >= 0.3 is 0 Å². The Labute approximate surface area is 246 Å². The third-order valence-corrected chi connectivity index (χ3v) is 7.79. The maximum Gasteiger partial charge on any atom is 0.295 e. The number of Topliss-reactive ketones (excluding diaryl/α,β-unsaturated/α-hetero) is 1. The molecule has 1 aliphatic heterocycles. The van der Waals surface area contributed by atoms with Crippen LogP contribution in [0, 0.1) is 19.8 Å². The number of carbonyl (C=O) groups is 2. The van der Waals surface area contributed by atoms with Crippen LogP contribution in [0.4, 0.5) is 0 Å². The minimum absolute atomic E-state index is 0.00718. The molecule has 8 nitrogen and oxygen atoms in total. The fourth-order valence-electron chi connectivity index (χ4n) is 5.40. The number of carbonyl (C=O) groups excluding carboxylic acids is 2. The first-order valence-corrected chi connectivity index (χ1v) is 14.3. The normalized spacial score (nSPS) is 16.5. The van der Waals surface area contributed by atoms with Crippen LogP contribution in [-0.4, -0.2) is 51.3 Å². The Morgan fingerprint density at radius 3 is 2.48 bits per heavy atom. The number of ketones is 1. The summed E-state index contributed by atoms with van der Waals surface area (Å²) in [6, 6.07) is 18.2. The molecule has 1 atom stereocenters. The monoisotopic (exact) mass is 567 g/mol. The third-order valence-electron chi connectivity index (χ3n) is 7.79. The van der Waals surface area contributed by atoms with Crippen molar-refractivity contribution in [1.82, 2.24) is 14.3 Å². The van der Waals surface area contributed by atoms with E-state index in [9.17, 15) is 14.7 Å². The van der Waals surface area contributed by atoms with Gasteiger partial charge in [0.05, 0.1) is 31.0 Å². The molecule has 0 spiro atoms. The number of aromatic nitrogens is 2. The van der Waals surface area contributed by atoms with Crippen molar-refractivity contribution in [3.05, 3.63) is 101 Å². The average molecular weight is 568 g/mol. The molecule has 0 aliphatic carbocycles. The summed E-state index contributed by atoms with van der Waals surface area (Å²) in [6.07, 6.45) is 3.30. The Morgan fingerprint density at radius 1 is 1.02 bits per heavy atom. The van der Waals surface area contributed by atoms with E-state index in [1.54, 1.807) is 19.2 Å². The van der Waals surface area contributed by atoms with E-state index in [0.29, 0.717) is 47.3 Å². The van der Waals surface area contributed by atoms with Gasteiger partial charge in [-0.15, -0.1) is 0 Å². The molecule has 1 aliphatic rings. The van der Waals surface area contributed by atoms with E-state index in [2.05, 4.69) is 18.8 Å². The van der Waals surface area contributed by atoms with E-state index in [1.807, 2.05) is 73.0 Å². The van der Waals surface area contributed by atoms with Crippen molar-refractivity contribution in [2.24, 2.45) is 5.92 Å². The highest BCUT2D eigenvalue weighted by molar-refractivity contribution is 6.46. The smallest absolute Gasteiger partial charge is 0.295 e. The summed E-state index contributed by atoms with van der Waals surface area (Å²) in [4.78, 5) is 33.4. The van der Waals surface area contributed by atoms with Crippen LogP contribution < -0.4 is 9.47 Å². The zero-order valence-electron chi connectivity index (χ0n) is 24.8. The van der Waals surface area contributed by atoms with Crippen molar-refractivity contribution in [1.29, 1.82) is 0 Å². The maximum atomic E-state index is 13.6. The lowest BCUT2D eigenvalue weighted by molar-refractivity contribution is -0.139. The first kappa shape index (κ1) is 28.9. The molecule has 1 saturated heterocycles. The lowest BCUT2D eigenvalue weighted by Gasteiger charge is -2.26. The third kappa shape index (κ3) is 5.49. The van der Waals surface area contributed by atoms with Crippen molar-refractivity contribution in [3.8, 4) is 11.5 Å². The predicted octanol–water partition coefficient (Wildman–Crippen LogP) is 6.05. The minimum Gasteiger partial charge on any atom is -0.505 e. The summed E-state index contributed by atoms with van der Waals surface area (Å²) < 4.78 is 13.5. The maximum absolute atomic E-state index is 13.6.